The summed E-state index contributed by atoms with van der Waals surface area (Å²) in [6.45, 7) is 2.24. The first kappa shape index (κ1) is 8.72. The molecule has 2 aromatic rings. The Kier molecular flexibility index (Phi) is 1.88. The zero-order valence-corrected chi connectivity index (χ0v) is 8.96. The van der Waals surface area contributed by atoms with E-state index in [0.717, 1.165) is 0 Å². The monoisotopic (exact) mass is 194 g/mol. The molecular weight excluding hydrogens is 180 g/mol. The minimum Gasteiger partial charge on any atom is -0.0651 e. The number of rotatable bonds is 2. The second-order valence-electron chi connectivity index (χ2n) is 4.17. The Labute approximate surface area is 90.2 Å². The van der Waals surface area contributed by atoms with Crippen LogP contribution in [-0.2, 0) is 0 Å². The van der Waals surface area contributed by atoms with Gasteiger partial charge < -0.3 is 0 Å². The molecule has 1 aliphatic carbocycles. The van der Waals surface area contributed by atoms with Crippen LogP contribution < -0.4 is 0 Å². The van der Waals surface area contributed by atoms with Crippen molar-refractivity contribution < 1.29 is 0 Å². The Balaban J connectivity index is 2.30. The Bertz CT molecular complexity index is 542. The van der Waals surface area contributed by atoms with Crippen LogP contribution in [0.4, 0.5) is 0 Å². The summed E-state index contributed by atoms with van der Waals surface area (Å²) >= 11 is 0. The van der Waals surface area contributed by atoms with Crippen molar-refractivity contribution in [2.75, 3.05) is 0 Å². The van der Waals surface area contributed by atoms with E-state index in [0.29, 0.717) is 0 Å². The molecule has 0 aliphatic heterocycles. The van der Waals surface area contributed by atoms with Crippen molar-refractivity contribution in [2.24, 2.45) is 0 Å². The van der Waals surface area contributed by atoms with E-state index in [1.165, 1.54) is 40.3 Å². The van der Waals surface area contributed by atoms with Gasteiger partial charge in [0, 0.05) is 0 Å². The highest BCUT2D eigenvalue weighted by Crippen LogP contribution is 2.38. The van der Waals surface area contributed by atoms with Crippen molar-refractivity contribution in [3.63, 3.8) is 0 Å². The zero-order valence-electron chi connectivity index (χ0n) is 8.96. The summed E-state index contributed by atoms with van der Waals surface area (Å²) in [6.07, 6.45) is 4.76. The van der Waals surface area contributed by atoms with Crippen molar-refractivity contribution in [3.05, 3.63) is 47.5 Å². The molecule has 0 heteroatoms. The van der Waals surface area contributed by atoms with Gasteiger partial charge in [-0.2, -0.15) is 0 Å². The predicted octanol–water partition coefficient (Wildman–Crippen LogP) is 4.49. The van der Waals surface area contributed by atoms with Crippen LogP contribution in [0.3, 0.4) is 0 Å². The van der Waals surface area contributed by atoms with E-state index in [9.17, 15) is 0 Å². The van der Waals surface area contributed by atoms with Crippen LogP contribution in [0, 0.1) is 0 Å². The van der Waals surface area contributed by atoms with Crippen molar-refractivity contribution in [1.82, 2.24) is 0 Å². The number of benzene rings is 2. The third kappa shape index (κ3) is 1.21. The smallest absolute Gasteiger partial charge is 0.00360 e. The van der Waals surface area contributed by atoms with E-state index in [4.69, 9.17) is 0 Å². The highest BCUT2D eigenvalue weighted by Gasteiger charge is 2.14. The summed E-state index contributed by atoms with van der Waals surface area (Å²) in [5, 5.41) is 2.82. The minimum atomic E-state index is 1.19. The lowest BCUT2D eigenvalue weighted by atomic mass is 10.0. The van der Waals surface area contributed by atoms with E-state index < -0.39 is 0 Å². The average molecular weight is 194 g/mol. The summed E-state index contributed by atoms with van der Waals surface area (Å²) in [7, 11) is 0. The lowest BCUT2D eigenvalue weighted by Gasteiger charge is -2.04. The van der Waals surface area contributed by atoms with Crippen LogP contribution in [0.2, 0.25) is 0 Å². The molecule has 0 bridgehead atoms. The van der Waals surface area contributed by atoms with E-state index in [1.807, 2.05) is 0 Å². The van der Waals surface area contributed by atoms with Crippen LogP contribution in [0.5, 0.6) is 0 Å². The summed E-state index contributed by atoms with van der Waals surface area (Å²) in [6, 6.07) is 13.2. The highest BCUT2D eigenvalue weighted by atomic mass is 14.2. The first-order valence-electron chi connectivity index (χ1n) is 5.63. The van der Waals surface area contributed by atoms with Crippen molar-refractivity contribution in [1.29, 1.82) is 0 Å². The molecular formula is C15H14. The molecule has 0 fully saturated rings. The summed E-state index contributed by atoms with van der Waals surface area (Å²) in [5.74, 6) is 0. The fourth-order valence-corrected chi connectivity index (χ4v) is 2.50. The Morgan fingerprint density at radius 3 is 2.60 bits per heavy atom. The number of allylic oxidation sites excluding steroid dienone is 1. The number of hydrogen-bond donors (Lipinski definition) is 0. The van der Waals surface area contributed by atoms with Gasteiger partial charge in [0.2, 0.25) is 0 Å². The molecule has 0 spiro atoms. The van der Waals surface area contributed by atoms with E-state index in [2.05, 4.69) is 49.4 Å². The van der Waals surface area contributed by atoms with Gasteiger partial charge in [0.25, 0.3) is 0 Å². The van der Waals surface area contributed by atoms with E-state index in [1.54, 1.807) is 0 Å². The van der Waals surface area contributed by atoms with Gasteiger partial charge in [-0.15, -0.1) is 0 Å². The van der Waals surface area contributed by atoms with Crippen LogP contribution in [-0.4, -0.2) is 0 Å². The average Bonchev–Trinajstić information content (AvgIpc) is 2.61. The quantitative estimate of drug-likeness (QED) is 0.660. The maximum atomic E-state index is 2.35. The molecule has 0 saturated carbocycles. The van der Waals surface area contributed by atoms with Crippen LogP contribution in [0.15, 0.2) is 36.4 Å². The maximum Gasteiger partial charge on any atom is -0.00360 e. The van der Waals surface area contributed by atoms with Crippen LogP contribution in [0.25, 0.3) is 22.4 Å². The summed E-state index contributed by atoms with van der Waals surface area (Å²) in [4.78, 5) is 0. The van der Waals surface area contributed by atoms with Gasteiger partial charge in [0.05, 0.1) is 0 Å². The maximum absolute atomic E-state index is 2.35. The molecule has 0 atom stereocenters. The van der Waals surface area contributed by atoms with Gasteiger partial charge in [-0.3, -0.25) is 0 Å². The third-order valence-electron chi connectivity index (χ3n) is 3.13. The van der Waals surface area contributed by atoms with Gasteiger partial charge in [0.15, 0.2) is 0 Å². The molecule has 0 saturated heterocycles. The van der Waals surface area contributed by atoms with Gasteiger partial charge in [-0.05, 0) is 33.9 Å². The minimum absolute atomic E-state index is 1.19. The van der Waals surface area contributed by atoms with Crippen LogP contribution in [0.1, 0.15) is 30.9 Å². The fraction of sp³-hybridized carbons (Fsp3) is 0.200. The van der Waals surface area contributed by atoms with Crippen LogP contribution >= 0.6 is 0 Å². The zero-order chi connectivity index (χ0) is 10.3. The first-order chi connectivity index (χ1) is 7.40. The molecule has 1 aliphatic rings. The largest absolute Gasteiger partial charge is 0.0651 e. The van der Waals surface area contributed by atoms with Gasteiger partial charge >= 0.3 is 0 Å². The molecule has 0 nitrogen and oxygen atoms in total. The normalized spacial score (nSPS) is 13.3. The highest BCUT2D eigenvalue weighted by molar-refractivity contribution is 6.09. The molecule has 0 radical (unpaired) electrons. The molecule has 0 aromatic heterocycles. The van der Waals surface area contributed by atoms with Crippen molar-refractivity contribution in [3.8, 4) is 0 Å². The molecule has 2 aromatic carbocycles. The SMILES string of the molecule is CCCC1=Cc2cccc3cccc1c23. The lowest BCUT2D eigenvalue weighted by Crippen LogP contribution is -1.81. The lowest BCUT2D eigenvalue weighted by molar-refractivity contribution is 0.979. The van der Waals surface area contributed by atoms with Gasteiger partial charge in [-0.25, -0.2) is 0 Å². The topological polar surface area (TPSA) is 0 Å². The summed E-state index contributed by atoms with van der Waals surface area (Å²) in [5.41, 5.74) is 4.35. The molecule has 3 rings (SSSR count). The predicted molar refractivity (Wildman–Crippen MR) is 66.7 cm³/mol. The standard InChI is InChI=1S/C15H14/c1-2-5-12-10-13-8-3-6-11-7-4-9-14(12)15(11)13/h3-4,6-10H,2,5H2,1H3. The Hall–Kier alpha value is -1.56. The fourth-order valence-electron chi connectivity index (χ4n) is 2.50. The van der Waals surface area contributed by atoms with Gasteiger partial charge in [0.1, 0.15) is 0 Å². The van der Waals surface area contributed by atoms with Gasteiger partial charge in [-0.1, -0.05) is 55.8 Å². The molecule has 15 heavy (non-hydrogen) atoms. The summed E-state index contributed by atoms with van der Waals surface area (Å²) < 4.78 is 0. The van der Waals surface area contributed by atoms with Crippen molar-refractivity contribution in [2.45, 2.75) is 19.8 Å². The molecule has 0 heterocycles. The molecule has 0 N–H and O–H groups in total. The molecule has 0 unspecified atom stereocenters. The molecule has 0 amide bonds. The second kappa shape index (κ2) is 3.23. The van der Waals surface area contributed by atoms with E-state index >= 15 is 0 Å². The Morgan fingerprint density at radius 1 is 1.00 bits per heavy atom. The Morgan fingerprint density at radius 2 is 1.80 bits per heavy atom. The first-order valence-corrected chi connectivity index (χ1v) is 5.63. The number of hydrogen-bond acceptors (Lipinski definition) is 0. The van der Waals surface area contributed by atoms with Crippen molar-refractivity contribution >= 4 is 22.4 Å². The van der Waals surface area contributed by atoms with E-state index in [-0.39, 0.29) is 0 Å². The second-order valence-corrected chi connectivity index (χ2v) is 4.17. The molecule has 74 valence electrons. The third-order valence-corrected chi connectivity index (χ3v) is 3.13.